The summed E-state index contributed by atoms with van der Waals surface area (Å²) in [5.74, 6) is -16.0. The molecule has 0 N–H and O–H groups in total. The smallest absolute Gasteiger partial charge is 0.380 e. The van der Waals surface area contributed by atoms with E-state index in [1.54, 1.807) is 0 Å². The number of alkyl halides is 6. The first-order valence-corrected chi connectivity index (χ1v) is 12.6. The third-order valence-corrected chi connectivity index (χ3v) is 7.49. The molecule has 0 atom stereocenters. The molecule has 5 nitrogen and oxygen atoms in total. The normalized spacial score (nSPS) is 17.3. The number of hydrogen-bond acceptors (Lipinski definition) is 5. The van der Waals surface area contributed by atoms with Crippen molar-refractivity contribution in [2.24, 2.45) is 0 Å². The molecule has 0 saturated heterocycles. The average Bonchev–Trinajstić information content (AvgIpc) is 3.53. The van der Waals surface area contributed by atoms with Crippen molar-refractivity contribution in [1.29, 1.82) is 0 Å². The standard InChI is InChI=1S/C31H22F6O5/c1-15-24(20-11-9-18(39-3)13-22(20)41-15)26-27(30(34,35)31(36,37)29(26,32)33)25-21-12-10-19(40-4)14-23(21)42-28(25)16-5-7-17(38-2)8-6-16/h5-14H,1-4H3. The fourth-order valence-electron chi connectivity index (χ4n) is 5.42. The van der Waals surface area contributed by atoms with E-state index in [0.29, 0.717) is 11.5 Å². The molecule has 218 valence electrons. The van der Waals surface area contributed by atoms with Gasteiger partial charge in [-0.3, -0.25) is 0 Å². The molecule has 2 aromatic heterocycles. The number of furan rings is 2. The minimum Gasteiger partial charge on any atom is -0.497 e. The van der Waals surface area contributed by atoms with Crippen LogP contribution in [0.5, 0.6) is 17.2 Å². The van der Waals surface area contributed by atoms with Gasteiger partial charge in [0.2, 0.25) is 0 Å². The Balaban J connectivity index is 1.78. The Morgan fingerprint density at radius 2 is 1.02 bits per heavy atom. The maximum Gasteiger partial charge on any atom is 0.380 e. The Morgan fingerprint density at radius 1 is 0.571 bits per heavy atom. The van der Waals surface area contributed by atoms with Crippen LogP contribution in [0.15, 0.2) is 69.5 Å². The topological polar surface area (TPSA) is 54.0 Å². The van der Waals surface area contributed by atoms with Crippen molar-refractivity contribution >= 4 is 33.1 Å². The molecule has 0 amide bonds. The van der Waals surface area contributed by atoms with E-state index < -0.39 is 40.0 Å². The third-order valence-electron chi connectivity index (χ3n) is 7.49. The van der Waals surface area contributed by atoms with Gasteiger partial charge in [0, 0.05) is 50.7 Å². The molecule has 0 fully saturated rings. The van der Waals surface area contributed by atoms with E-state index in [-0.39, 0.29) is 44.8 Å². The van der Waals surface area contributed by atoms with Gasteiger partial charge in [0.25, 0.3) is 0 Å². The Labute approximate surface area is 234 Å². The number of benzene rings is 3. The fourth-order valence-corrected chi connectivity index (χ4v) is 5.42. The molecule has 0 unspecified atom stereocenters. The van der Waals surface area contributed by atoms with Gasteiger partial charge in [-0.2, -0.15) is 26.3 Å². The quantitative estimate of drug-likeness (QED) is 0.185. The highest BCUT2D eigenvalue weighted by molar-refractivity contribution is 6.13. The molecule has 1 aliphatic rings. The SMILES string of the molecule is COc1ccc(-c2oc3cc(OC)ccc3c2C2=C(c3c(C)oc4cc(OC)ccc34)C(F)(F)C(F)(F)C2(F)F)cc1. The molecule has 0 radical (unpaired) electrons. The molecule has 5 aromatic rings. The first kappa shape index (κ1) is 27.6. The van der Waals surface area contributed by atoms with Crippen LogP contribution in [0.3, 0.4) is 0 Å². The first-order valence-electron chi connectivity index (χ1n) is 12.6. The summed E-state index contributed by atoms with van der Waals surface area (Å²) in [4.78, 5) is 0. The molecule has 3 aromatic carbocycles. The van der Waals surface area contributed by atoms with Gasteiger partial charge in [0.1, 0.15) is 39.9 Å². The molecule has 0 saturated carbocycles. The second-order valence-electron chi connectivity index (χ2n) is 9.77. The lowest BCUT2D eigenvalue weighted by Gasteiger charge is -2.25. The Kier molecular flexibility index (Phi) is 6.07. The van der Waals surface area contributed by atoms with Gasteiger partial charge in [-0.25, -0.2) is 0 Å². The number of rotatable bonds is 6. The number of halogens is 6. The van der Waals surface area contributed by atoms with Crippen molar-refractivity contribution in [2.45, 2.75) is 24.7 Å². The zero-order valence-electron chi connectivity index (χ0n) is 22.6. The number of methoxy groups -OCH3 is 3. The van der Waals surface area contributed by atoms with Crippen LogP contribution in [0.1, 0.15) is 16.9 Å². The second-order valence-corrected chi connectivity index (χ2v) is 9.77. The number of fused-ring (bicyclic) bond motifs is 2. The van der Waals surface area contributed by atoms with Crippen LogP contribution in [-0.4, -0.2) is 39.1 Å². The van der Waals surface area contributed by atoms with E-state index >= 15 is 26.3 Å². The van der Waals surface area contributed by atoms with Crippen LogP contribution in [0.2, 0.25) is 0 Å². The summed E-state index contributed by atoms with van der Waals surface area (Å²) >= 11 is 0. The van der Waals surface area contributed by atoms with Crippen molar-refractivity contribution < 1.29 is 49.4 Å². The second kappa shape index (κ2) is 9.23. The molecule has 0 bridgehead atoms. The fraction of sp³-hybridized carbons (Fsp3) is 0.226. The van der Waals surface area contributed by atoms with Crippen LogP contribution in [0.25, 0.3) is 44.4 Å². The van der Waals surface area contributed by atoms with Crippen molar-refractivity contribution in [3.05, 3.63) is 77.6 Å². The van der Waals surface area contributed by atoms with E-state index in [1.807, 2.05) is 0 Å². The van der Waals surface area contributed by atoms with Crippen molar-refractivity contribution in [1.82, 2.24) is 0 Å². The molecule has 11 heteroatoms. The van der Waals surface area contributed by atoms with Crippen molar-refractivity contribution in [3.8, 4) is 28.6 Å². The first-order chi connectivity index (χ1) is 19.9. The zero-order valence-corrected chi connectivity index (χ0v) is 22.6. The highest BCUT2D eigenvalue weighted by Gasteiger charge is 2.81. The minimum absolute atomic E-state index is 0.000184. The summed E-state index contributed by atoms with van der Waals surface area (Å²) in [6.45, 7) is 1.25. The molecule has 0 aliphatic heterocycles. The van der Waals surface area contributed by atoms with Gasteiger partial charge >= 0.3 is 17.8 Å². The van der Waals surface area contributed by atoms with Crippen molar-refractivity contribution in [2.75, 3.05) is 21.3 Å². The lowest BCUT2D eigenvalue weighted by molar-refractivity contribution is -0.254. The predicted octanol–water partition coefficient (Wildman–Crippen LogP) is 9.01. The predicted molar refractivity (Wildman–Crippen MR) is 144 cm³/mol. The molecule has 0 spiro atoms. The number of ether oxygens (including phenoxy) is 3. The van der Waals surface area contributed by atoms with Crippen LogP contribution in [0.4, 0.5) is 26.3 Å². The molecule has 2 heterocycles. The van der Waals surface area contributed by atoms with Crippen LogP contribution in [-0.2, 0) is 0 Å². The van der Waals surface area contributed by atoms with Gasteiger partial charge in [-0.05, 0) is 55.5 Å². The summed E-state index contributed by atoms with van der Waals surface area (Å²) in [5.41, 5.74) is -4.14. The van der Waals surface area contributed by atoms with E-state index in [0.717, 1.165) is 0 Å². The number of aryl methyl sites for hydroxylation is 1. The Bertz CT molecular complexity index is 1880. The zero-order chi connectivity index (χ0) is 30.2. The number of allylic oxidation sites excluding steroid dienone is 2. The summed E-state index contributed by atoms with van der Waals surface area (Å²) in [6, 6.07) is 14.0. The summed E-state index contributed by atoms with van der Waals surface area (Å²) in [6.07, 6.45) is 0. The van der Waals surface area contributed by atoms with E-state index in [1.165, 1.54) is 88.9 Å². The highest BCUT2D eigenvalue weighted by Crippen LogP contribution is 2.67. The van der Waals surface area contributed by atoms with E-state index in [4.69, 9.17) is 23.0 Å². The van der Waals surface area contributed by atoms with Crippen LogP contribution >= 0.6 is 0 Å². The van der Waals surface area contributed by atoms with Crippen LogP contribution < -0.4 is 14.2 Å². The Hall–Kier alpha value is -4.54. The monoisotopic (exact) mass is 588 g/mol. The number of hydrogen-bond donors (Lipinski definition) is 0. The van der Waals surface area contributed by atoms with Gasteiger partial charge in [0.15, 0.2) is 0 Å². The van der Waals surface area contributed by atoms with Gasteiger partial charge < -0.3 is 23.0 Å². The molecular formula is C31H22F6O5. The van der Waals surface area contributed by atoms with Gasteiger partial charge in [0.05, 0.1) is 21.3 Å². The van der Waals surface area contributed by atoms with Crippen molar-refractivity contribution in [3.63, 3.8) is 0 Å². The highest BCUT2D eigenvalue weighted by atomic mass is 19.3. The molecule has 6 rings (SSSR count). The maximum absolute atomic E-state index is 16.0. The molecule has 42 heavy (non-hydrogen) atoms. The van der Waals surface area contributed by atoms with E-state index in [9.17, 15) is 0 Å². The Morgan fingerprint density at radius 3 is 1.55 bits per heavy atom. The molecule has 1 aliphatic carbocycles. The minimum atomic E-state index is -5.79. The van der Waals surface area contributed by atoms with Crippen LogP contribution in [0, 0.1) is 6.92 Å². The average molecular weight is 589 g/mol. The summed E-state index contributed by atoms with van der Waals surface area (Å²) in [5, 5.41) is -0.149. The summed E-state index contributed by atoms with van der Waals surface area (Å²) in [7, 11) is 4.15. The third kappa shape index (κ3) is 3.65. The lowest BCUT2D eigenvalue weighted by Crippen LogP contribution is -2.48. The lowest BCUT2D eigenvalue weighted by atomic mass is 9.90. The molecular weight excluding hydrogens is 566 g/mol. The van der Waals surface area contributed by atoms with Gasteiger partial charge in [-0.15, -0.1) is 0 Å². The largest absolute Gasteiger partial charge is 0.497 e. The van der Waals surface area contributed by atoms with Gasteiger partial charge in [-0.1, -0.05) is 0 Å². The van der Waals surface area contributed by atoms with E-state index in [2.05, 4.69) is 0 Å². The maximum atomic E-state index is 16.0. The summed E-state index contributed by atoms with van der Waals surface area (Å²) < 4.78 is 121.